The number of aromatic nitrogens is 1. The minimum absolute atomic E-state index is 0.0492. The highest BCUT2D eigenvalue weighted by Gasteiger charge is 2.21. The van der Waals surface area contributed by atoms with Crippen LogP contribution in [0.5, 0.6) is 0 Å². The summed E-state index contributed by atoms with van der Waals surface area (Å²) < 4.78 is 30.0. The molecule has 0 saturated carbocycles. The third-order valence-corrected chi connectivity index (χ3v) is 2.99. The molecule has 0 aromatic carbocycles. The second-order valence-corrected chi connectivity index (χ2v) is 4.32. The fourth-order valence-electron chi connectivity index (χ4n) is 1.22. The van der Waals surface area contributed by atoms with Crippen molar-refractivity contribution in [2.24, 2.45) is 0 Å². The van der Waals surface area contributed by atoms with Crippen LogP contribution in [-0.4, -0.2) is 17.6 Å². The second kappa shape index (κ2) is 6.44. The van der Waals surface area contributed by atoms with Crippen molar-refractivity contribution in [3.63, 3.8) is 0 Å². The molecule has 0 saturated heterocycles. The first-order valence-electron chi connectivity index (χ1n) is 4.71. The molecule has 7 heteroatoms. The van der Waals surface area contributed by atoms with Gasteiger partial charge in [0.15, 0.2) is 0 Å². The summed E-state index contributed by atoms with van der Waals surface area (Å²) in [6, 6.07) is 1.13. The molecule has 1 aromatic rings. The Labute approximate surface area is 116 Å². The van der Waals surface area contributed by atoms with Gasteiger partial charge in [-0.1, -0.05) is 0 Å². The van der Waals surface area contributed by atoms with Gasteiger partial charge in [-0.25, -0.2) is 18.6 Å². The van der Waals surface area contributed by atoms with Crippen LogP contribution in [0.3, 0.4) is 0 Å². The molecule has 0 atom stereocenters. The van der Waals surface area contributed by atoms with Crippen molar-refractivity contribution in [1.29, 1.82) is 0 Å². The SMILES string of the molecule is CCOC(=O)c1c(CCl)cc(C(F)F)nc1I. The maximum Gasteiger partial charge on any atom is 0.341 e. The first-order valence-corrected chi connectivity index (χ1v) is 6.33. The van der Waals surface area contributed by atoms with Crippen LogP contribution in [0, 0.1) is 3.70 Å². The lowest BCUT2D eigenvalue weighted by molar-refractivity contribution is 0.0522. The molecule has 0 unspecified atom stereocenters. The fraction of sp³-hybridized carbons (Fsp3) is 0.400. The lowest BCUT2D eigenvalue weighted by atomic mass is 10.1. The van der Waals surface area contributed by atoms with Crippen LogP contribution in [0.2, 0.25) is 0 Å². The number of nitrogens with zero attached hydrogens (tertiary/aromatic N) is 1. The van der Waals surface area contributed by atoms with Crippen LogP contribution >= 0.6 is 34.2 Å². The number of pyridine rings is 1. The summed E-state index contributed by atoms with van der Waals surface area (Å²) >= 11 is 7.36. The summed E-state index contributed by atoms with van der Waals surface area (Å²) in [5, 5.41) is 0. The average molecular weight is 376 g/mol. The highest BCUT2D eigenvalue weighted by Crippen LogP contribution is 2.25. The third kappa shape index (κ3) is 3.48. The highest BCUT2D eigenvalue weighted by molar-refractivity contribution is 14.1. The van der Waals surface area contributed by atoms with Crippen LogP contribution in [0.1, 0.15) is 35.0 Å². The Morgan fingerprint density at radius 1 is 1.65 bits per heavy atom. The standard InChI is InChI=1S/C10H9ClF2INO2/c1-2-17-10(16)7-5(4-11)3-6(8(12)13)15-9(7)14/h3,8H,2,4H2,1H3. The number of carbonyl (C=O) groups is 1. The van der Waals surface area contributed by atoms with Gasteiger partial charge in [0.1, 0.15) is 9.39 Å². The molecule has 1 heterocycles. The van der Waals surface area contributed by atoms with E-state index in [0.717, 1.165) is 6.07 Å². The van der Waals surface area contributed by atoms with Crippen LogP contribution in [-0.2, 0) is 10.6 Å². The first kappa shape index (κ1) is 14.6. The van der Waals surface area contributed by atoms with Crippen molar-refractivity contribution < 1.29 is 18.3 Å². The largest absolute Gasteiger partial charge is 0.462 e. The molecule has 0 spiro atoms. The van der Waals surface area contributed by atoms with Gasteiger partial charge < -0.3 is 4.74 Å². The van der Waals surface area contributed by atoms with E-state index >= 15 is 0 Å². The van der Waals surface area contributed by atoms with Gasteiger partial charge in [-0.05, 0) is 41.1 Å². The maximum atomic E-state index is 12.5. The van der Waals surface area contributed by atoms with Crippen molar-refractivity contribution in [2.45, 2.75) is 19.2 Å². The van der Waals surface area contributed by atoms with Gasteiger partial charge in [0.25, 0.3) is 6.43 Å². The molecule has 0 aliphatic carbocycles. The lowest BCUT2D eigenvalue weighted by Crippen LogP contribution is -2.12. The summed E-state index contributed by atoms with van der Waals surface area (Å²) in [6.45, 7) is 1.86. The molecule has 0 aliphatic rings. The molecule has 17 heavy (non-hydrogen) atoms. The zero-order valence-corrected chi connectivity index (χ0v) is 11.8. The van der Waals surface area contributed by atoms with E-state index in [1.807, 2.05) is 0 Å². The minimum atomic E-state index is -2.69. The molecule has 0 radical (unpaired) electrons. The van der Waals surface area contributed by atoms with Crippen molar-refractivity contribution in [1.82, 2.24) is 4.98 Å². The van der Waals surface area contributed by atoms with Gasteiger partial charge in [-0.3, -0.25) is 0 Å². The van der Waals surface area contributed by atoms with E-state index in [4.69, 9.17) is 16.3 Å². The summed E-state index contributed by atoms with van der Waals surface area (Å²) in [6.07, 6.45) is -2.69. The number of carbonyl (C=O) groups excluding carboxylic acids is 1. The molecule has 1 rings (SSSR count). The second-order valence-electron chi connectivity index (χ2n) is 3.03. The van der Waals surface area contributed by atoms with Crippen molar-refractivity contribution in [3.8, 4) is 0 Å². The van der Waals surface area contributed by atoms with E-state index in [0.29, 0.717) is 5.56 Å². The molecule has 0 N–H and O–H groups in total. The van der Waals surface area contributed by atoms with E-state index in [-0.39, 0.29) is 21.8 Å². The Hall–Kier alpha value is -0.500. The van der Waals surface area contributed by atoms with Crippen molar-refractivity contribution in [3.05, 3.63) is 26.6 Å². The Morgan fingerprint density at radius 3 is 2.76 bits per heavy atom. The lowest BCUT2D eigenvalue weighted by Gasteiger charge is -2.10. The summed E-state index contributed by atoms with van der Waals surface area (Å²) in [5.74, 6) is -0.646. The summed E-state index contributed by atoms with van der Waals surface area (Å²) in [5.41, 5.74) is 0.0739. The maximum absolute atomic E-state index is 12.5. The van der Waals surface area contributed by atoms with Crippen molar-refractivity contribution >= 4 is 40.2 Å². The molecular formula is C10H9ClF2INO2. The molecule has 0 aliphatic heterocycles. The topological polar surface area (TPSA) is 39.2 Å². The van der Waals surface area contributed by atoms with E-state index in [2.05, 4.69) is 4.98 Å². The highest BCUT2D eigenvalue weighted by atomic mass is 127. The van der Waals surface area contributed by atoms with Gasteiger partial charge in [0.05, 0.1) is 12.2 Å². The number of esters is 1. The normalized spacial score (nSPS) is 10.7. The van der Waals surface area contributed by atoms with Gasteiger partial charge >= 0.3 is 5.97 Å². The molecule has 0 amide bonds. The number of halogens is 4. The molecule has 1 aromatic heterocycles. The van der Waals surface area contributed by atoms with Gasteiger partial charge in [0.2, 0.25) is 0 Å². The van der Waals surface area contributed by atoms with E-state index in [1.54, 1.807) is 29.5 Å². The van der Waals surface area contributed by atoms with E-state index in [9.17, 15) is 13.6 Å². The molecule has 94 valence electrons. The minimum Gasteiger partial charge on any atom is -0.462 e. The van der Waals surface area contributed by atoms with E-state index in [1.165, 1.54) is 0 Å². The van der Waals surface area contributed by atoms with Crippen LogP contribution in [0.25, 0.3) is 0 Å². The molecule has 0 fully saturated rings. The van der Waals surface area contributed by atoms with E-state index < -0.39 is 18.1 Å². The van der Waals surface area contributed by atoms with Crippen LogP contribution in [0.4, 0.5) is 8.78 Å². The number of rotatable bonds is 4. The number of hydrogen-bond acceptors (Lipinski definition) is 3. The molecule has 3 nitrogen and oxygen atoms in total. The Kier molecular flexibility index (Phi) is 5.51. The monoisotopic (exact) mass is 375 g/mol. The smallest absolute Gasteiger partial charge is 0.341 e. The van der Waals surface area contributed by atoms with Crippen LogP contribution < -0.4 is 0 Å². The number of hydrogen-bond donors (Lipinski definition) is 0. The predicted octanol–water partition coefficient (Wildman–Crippen LogP) is 3.54. The Bertz CT molecular complexity index is 429. The average Bonchev–Trinajstić information content (AvgIpc) is 2.27. The fourth-order valence-corrected chi connectivity index (χ4v) is 2.28. The van der Waals surface area contributed by atoms with Gasteiger partial charge in [-0.2, -0.15) is 0 Å². The summed E-state index contributed by atoms with van der Waals surface area (Å²) in [4.78, 5) is 15.3. The summed E-state index contributed by atoms with van der Waals surface area (Å²) in [7, 11) is 0. The zero-order chi connectivity index (χ0) is 13.0. The first-order chi connectivity index (χ1) is 8.01. The molecular weight excluding hydrogens is 366 g/mol. The Balaban J connectivity index is 3.25. The number of alkyl halides is 3. The molecule has 0 bridgehead atoms. The Morgan fingerprint density at radius 2 is 2.29 bits per heavy atom. The third-order valence-electron chi connectivity index (χ3n) is 1.92. The zero-order valence-electron chi connectivity index (χ0n) is 8.84. The quantitative estimate of drug-likeness (QED) is 0.350. The van der Waals surface area contributed by atoms with Gasteiger partial charge in [0, 0.05) is 5.88 Å². The predicted molar refractivity (Wildman–Crippen MR) is 67.4 cm³/mol. The van der Waals surface area contributed by atoms with Gasteiger partial charge in [-0.15, -0.1) is 11.6 Å². The van der Waals surface area contributed by atoms with Crippen molar-refractivity contribution in [2.75, 3.05) is 6.61 Å². The van der Waals surface area contributed by atoms with Crippen LogP contribution in [0.15, 0.2) is 6.07 Å². The number of ether oxygens (including phenoxy) is 1.